The Morgan fingerprint density at radius 1 is 1.20 bits per heavy atom. The summed E-state index contributed by atoms with van der Waals surface area (Å²) < 4.78 is 0. The molecule has 3 heteroatoms. The van der Waals surface area contributed by atoms with Gasteiger partial charge in [0.1, 0.15) is 5.82 Å². The molecule has 0 aliphatic heterocycles. The Hall–Kier alpha value is -1.64. The van der Waals surface area contributed by atoms with E-state index in [1.54, 1.807) is 0 Å². The van der Waals surface area contributed by atoms with Crippen LogP contribution in [-0.2, 0) is 0 Å². The van der Waals surface area contributed by atoms with Crippen LogP contribution in [0.1, 0.15) is 35.5 Å². The highest BCUT2D eigenvalue weighted by Gasteiger charge is 2.42. The molecule has 3 rings (SSSR count). The molecular weight excluding hydrogens is 186 g/mol. The van der Waals surface area contributed by atoms with Crippen LogP contribution in [0.2, 0.25) is 0 Å². The fraction of sp³-hybridized carbons (Fsp3) is 0.333. The molecule has 0 spiro atoms. The molecule has 0 radical (unpaired) electrons. The minimum absolute atomic E-state index is 0.525. The Kier molecular flexibility index (Phi) is 1.84. The van der Waals surface area contributed by atoms with E-state index in [1.165, 1.54) is 12.0 Å². The van der Waals surface area contributed by atoms with Gasteiger partial charge in [-0.15, -0.1) is 0 Å². The first-order chi connectivity index (χ1) is 7.34. The maximum absolute atomic E-state index is 4.38. The molecule has 1 saturated carbocycles. The summed E-state index contributed by atoms with van der Waals surface area (Å²) in [6, 6.07) is 10.6. The zero-order valence-electron chi connectivity index (χ0n) is 8.64. The lowest BCUT2D eigenvalue weighted by molar-refractivity contribution is 0.902. The lowest BCUT2D eigenvalue weighted by atomic mass is 10.1. The molecular formula is C12H13N3. The number of nitrogens with zero attached hydrogens (tertiary/aromatic N) is 2. The Balaban J connectivity index is 1.80. The van der Waals surface area contributed by atoms with Crippen molar-refractivity contribution in [2.45, 2.75) is 25.2 Å². The minimum Gasteiger partial charge on any atom is -0.263 e. The van der Waals surface area contributed by atoms with Crippen LogP contribution in [0.15, 0.2) is 30.3 Å². The van der Waals surface area contributed by atoms with Crippen molar-refractivity contribution < 1.29 is 0 Å². The molecule has 1 heterocycles. The van der Waals surface area contributed by atoms with Crippen molar-refractivity contribution in [3.63, 3.8) is 0 Å². The summed E-state index contributed by atoms with van der Waals surface area (Å²) in [5.41, 5.74) is 1.41. The second kappa shape index (κ2) is 3.19. The molecule has 76 valence electrons. The molecule has 1 N–H and O–H groups in total. The number of aromatic amines is 1. The van der Waals surface area contributed by atoms with Crippen LogP contribution < -0.4 is 0 Å². The van der Waals surface area contributed by atoms with Crippen molar-refractivity contribution in [3.8, 4) is 0 Å². The summed E-state index contributed by atoms with van der Waals surface area (Å²) in [5, 5.41) is 7.12. The number of aromatic nitrogens is 3. The Morgan fingerprint density at radius 2 is 2.00 bits per heavy atom. The number of nitrogens with one attached hydrogen (secondary N) is 1. The van der Waals surface area contributed by atoms with Gasteiger partial charge >= 0.3 is 0 Å². The number of hydrogen-bond donors (Lipinski definition) is 1. The van der Waals surface area contributed by atoms with Crippen molar-refractivity contribution in [1.82, 2.24) is 15.2 Å². The van der Waals surface area contributed by atoms with Crippen LogP contribution in [0.4, 0.5) is 0 Å². The van der Waals surface area contributed by atoms with Gasteiger partial charge in [0.2, 0.25) is 0 Å². The van der Waals surface area contributed by atoms with Gasteiger partial charge in [-0.1, -0.05) is 30.3 Å². The van der Waals surface area contributed by atoms with E-state index >= 15 is 0 Å². The SMILES string of the molecule is Cc1nc(C2CC2c2ccccc2)n[nH]1. The molecule has 1 aromatic carbocycles. The quantitative estimate of drug-likeness (QED) is 0.806. The van der Waals surface area contributed by atoms with E-state index in [9.17, 15) is 0 Å². The third-order valence-corrected chi connectivity index (χ3v) is 2.96. The normalized spacial score (nSPS) is 24.1. The van der Waals surface area contributed by atoms with E-state index in [1.807, 2.05) is 6.92 Å². The van der Waals surface area contributed by atoms with E-state index in [0.717, 1.165) is 11.6 Å². The van der Waals surface area contributed by atoms with Gasteiger partial charge in [-0.05, 0) is 24.8 Å². The summed E-state index contributed by atoms with van der Waals surface area (Å²) in [6.07, 6.45) is 1.18. The highest BCUT2D eigenvalue weighted by Crippen LogP contribution is 2.53. The molecule has 2 atom stereocenters. The molecule has 1 aliphatic carbocycles. The van der Waals surface area contributed by atoms with Crippen LogP contribution in [-0.4, -0.2) is 15.2 Å². The second-order valence-corrected chi connectivity index (χ2v) is 4.14. The van der Waals surface area contributed by atoms with E-state index in [4.69, 9.17) is 0 Å². The number of hydrogen-bond acceptors (Lipinski definition) is 2. The average molecular weight is 199 g/mol. The maximum Gasteiger partial charge on any atom is 0.154 e. The van der Waals surface area contributed by atoms with Crippen LogP contribution in [0, 0.1) is 6.92 Å². The summed E-state index contributed by atoms with van der Waals surface area (Å²) in [7, 11) is 0. The fourth-order valence-electron chi connectivity index (χ4n) is 2.07. The highest BCUT2D eigenvalue weighted by atomic mass is 15.2. The first-order valence-corrected chi connectivity index (χ1v) is 5.28. The highest BCUT2D eigenvalue weighted by molar-refractivity contribution is 5.30. The molecule has 2 unspecified atom stereocenters. The average Bonchev–Trinajstić information content (AvgIpc) is 2.96. The number of H-pyrrole nitrogens is 1. The standard InChI is InChI=1S/C12H13N3/c1-8-13-12(15-14-8)11-7-10(11)9-5-3-2-4-6-9/h2-6,10-11H,7H2,1H3,(H,13,14,15). The molecule has 0 bridgehead atoms. The monoisotopic (exact) mass is 199 g/mol. The number of rotatable bonds is 2. The van der Waals surface area contributed by atoms with Gasteiger partial charge in [0.25, 0.3) is 0 Å². The molecule has 1 aliphatic rings. The molecule has 0 saturated heterocycles. The van der Waals surface area contributed by atoms with Crippen molar-refractivity contribution in [2.24, 2.45) is 0 Å². The third-order valence-electron chi connectivity index (χ3n) is 2.96. The number of aryl methyl sites for hydroxylation is 1. The van der Waals surface area contributed by atoms with Gasteiger partial charge in [-0.2, -0.15) is 5.10 Å². The third kappa shape index (κ3) is 1.54. The summed E-state index contributed by atoms with van der Waals surface area (Å²) in [6.45, 7) is 1.94. The predicted molar refractivity (Wildman–Crippen MR) is 57.7 cm³/mol. The second-order valence-electron chi connectivity index (χ2n) is 4.14. The molecule has 3 nitrogen and oxygen atoms in total. The Bertz CT molecular complexity index is 461. The predicted octanol–water partition coefficient (Wildman–Crippen LogP) is 2.38. The van der Waals surface area contributed by atoms with E-state index in [0.29, 0.717) is 11.8 Å². The fourth-order valence-corrected chi connectivity index (χ4v) is 2.07. The van der Waals surface area contributed by atoms with Crippen molar-refractivity contribution in [1.29, 1.82) is 0 Å². The Labute approximate surface area is 88.6 Å². The van der Waals surface area contributed by atoms with Crippen LogP contribution in [0.3, 0.4) is 0 Å². The molecule has 1 aromatic heterocycles. The van der Waals surface area contributed by atoms with Gasteiger partial charge in [0, 0.05) is 5.92 Å². The van der Waals surface area contributed by atoms with Gasteiger partial charge in [0.05, 0.1) is 0 Å². The lowest BCUT2D eigenvalue weighted by Gasteiger charge is -1.96. The first-order valence-electron chi connectivity index (χ1n) is 5.28. The molecule has 15 heavy (non-hydrogen) atoms. The van der Waals surface area contributed by atoms with Crippen LogP contribution in [0.25, 0.3) is 0 Å². The van der Waals surface area contributed by atoms with Gasteiger partial charge in [0.15, 0.2) is 5.82 Å². The van der Waals surface area contributed by atoms with E-state index in [2.05, 4.69) is 45.5 Å². The maximum atomic E-state index is 4.38. The Morgan fingerprint density at radius 3 is 2.67 bits per heavy atom. The first kappa shape index (κ1) is 8.65. The van der Waals surface area contributed by atoms with Crippen molar-refractivity contribution in [3.05, 3.63) is 47.5 Å². The zero-order valence-corrected chi connectivity index (χ0v) is 8.64. The minimum atomic E-state index is 0.525. The van der Waals surface area contributed by atoms with Gasteiger partial charge < -0.3 is 0 Å². The molecule has 2 aromatic rings. The van der Waals surface area contributed by atoms with Crippen LogP contribution >= 0.6 is 0 Å². The molecule has 1 fully saturated rings. The van der Waals surface area contributed by atoms with E-state index in [-0.39, 0.29) is 0 Å². The van der Waals surface area contributed by atoms with Gasteiger partial charge in [-0.3, -0.25) is 5.10 Å². The van der Waals surface area contributed by atoms with Crippen molar-refractivity contribution >= 4 is 0 Å². The summed E-state index contributed by atoms with van der Waals surface area (Å²) >= 11 is 0. The lowest BCUT2D eigenvalue weighted by Crippen LogP contribution is -1.86. The summed E-state index contributed by atoms with van der Waals surface area (Å²) in [5.74, 6) is 3.03. The summed E-state index contributed by atoms with van der Waals surface area (Å²) in [4.78, 5) is 4.38. The largest absolute Gasteiger partial charge is 0.263 e. The zero-order chi connectivity index (χ0) is 10.3. The van der Waals surface area contributed by atoms with Crippen molar-refractivity contribution in [2.75, 3.05) is 0 Å². The van der Waals surface area contributed by atoms with Gasteiger partial charge in [-0.25, -0.2) is 4.98 Å². The van der Waals surface area contributed by atoms with Crippen LogP contribution in [0.5, 0.6) is 0 Å². The molecule has 0 amide bonds. The smallest absolute Gasteiger partial charge is 0.154 e. The van der Waals surface area contributed by atoms with E-state index < -0.39 is 0 Å². The topological polar surface area (TPSA) is 41.6 Å². The number of benzene rings is 1.